The molecule has 2 N–H and O–H groups in total. The lowest BCUT2D eigenvalue weighted by atomic mass is 9.82. The summed E-state index contributed by atoms with van der Waals surface area (Å²) in [6, 6.07) is 0.419. The minimum Gasteiger partial charge on any atom is -0.327 e. The van der Waals surface area contributed by atoms with Crippen molar-refractivity contribution in [1.29, 1.82) is 0 Å². The third kappa shape index (κ3) is 2.84. The first-order chi connectivity index (χ1) is 6.64. The van der Waals surface area contributed by atoms with E-state index in [2.05, 4.69) is 20.4 Å². The fraction of sp³-hybridized carbons (Fsp3) is 0.846. The zero-order valence-corrected chi connectivity index (χ0v) is 9.76. The van der Waals surface area contributed by atoms with E-state index < -0.39 is 0 Å². The molecule has 1 fully saturated rings. The predicted octanol–water partition coefficient (Wildman–Crippen LogP) is 3.50. The van der Waals surface area contributed by atoms with E-state index in [1.54, 1.807) is 0 Å². The van der Waals surface area contributed by atoms with Gasteiger partial charge in [-0.2, -0.15) is 0 Å². The van der Waals surface area contributed by atoms with Crippen LogP contribution in [0, 0.1) is 11.3 Å². The maximum atomic E-state index is 6.35. The molecule has 1 heteroatoms. The molecule has 0 aromatic carbocycles. The van der Waals surface area contributed by atoms with E-state index >= 15 is 0 Å². The van der Waals surface area contributed by atoms with Crippen LogP contribution in [0.5, 0.6) is 0 Å². The van der Waals surface area contributed by atoms with E-state index in [4.69, 9.17) is 5.73 Å². The summed E-state index contributed by atoms with van der Waals surface area (Å²) >= 11 is 0. The zero-order chi connectivity index (χ0) is 10.6. The summed E-state index contributed by atoms with van der Waals surface area (Å²) in [6.45, 7) is 8.38. The molecule has 0 aromatic heterocycles. The Balaban J connectivity index is 2.43. The minimum absolute atomic E-state index is 0.419. The number of hydrogen-bond donors (Lipinski definition) is 1. The molecule has 0 spiro atoms. The van der Waals surface area contributed by atoms with Gasteiger partial charge in [-0.15, -0.1) is 6.58 Å². The van der Waals surface area contributed by atoms with Crippen LogP contribution in [0.15, 0.2) is 12.7 Å². The Hall–Kier alpha value is -0.300. The van der Waals surface area contributed by atoms with Crippen molar-refractivity contribution in [2.75, 3.05) is 0 Å². The SMILES string of the molecule is C=CCCC(CCC)[C@H](N)C1(C)CC1. The fourth-order valence-corrected chi connectivity index (χ4v) is 2.31. The van der Waals surface area contributed by atoms with Gasteiger partial charge in [-0.1, -0.05) is 26.3 Å². The van der Waals surface area contributed by atoms with Crippen molar-refractivity contribution in [2.45, 2.75) is 58.4 Å². The molecule has 1 saturated carbocycles. The zero-order valence-electron chi connectivity index (χ0n) is 9.76. The van der Waals surface area contributed by atoms with Gasteiger partial charge in [-0.05, 0) is 43.4 Å². The molecular formula is C13H25N. The van der Waals surface area contributed by atoms with Gasteiger partial charge in [0, 0.05) is 6.04 Å². The monoisotopic (exact) mass is 195 g/mol. The maximum Gasteiger partial charge on any atom is 0.0121 e. The topological polar surface area (TPSA) is 26.0 Å². The first-order valence-electron chi connectivity index (χ1n) is 6.00. The molecule has 1 unspecified atom stereocenters. The van der Waals surface area contributed by atoms with Crippen LogP contribution in [-0.4, -0.2) is 6.04 Å². The highest BCUT2D eigenvalue weighted by atomic mass is 14.7. The normalized spacial score (nSPS) is 22.8. The molecule has 1 rings (SSSR count). The quantitative estimate of drug-likeness (QED) is 0.618. The molecule has 0 radical (unpaired) electrons. The summed E-state index contributed by atoms with van der Waals surface area (Å²) < 4.78 is 0. The van der Waals surface area contributed by atoms with Crippen LogP contribution in [0.4, 0.5) is 0 Å². The summed E-state index contributed by atoms with van der Waals surface area (Å²) in [6.07, 6.45) is 9.58. The van der Waals surface area contributed by atoms with Gasteiger partial charge in [-0.3, -0.25) is 0 Å². The van der Waals surface area contributed by atoms with Crippen molar-refractivity contribution < 1.29 is 0 Å². The summed E-state index contributed by atoms with van der Waals surface area (Å²) in [5.74, 6) is 0.713. The second kappa shape index (κ2) is 4.97. The first-order valence-corrected chi connectivity index (χ1v) is 6.00. The number of nitrogens with two attached hydrogens (primary N) is 1. The molecular weight excluding hydrogens is 170 g/mol. The molecule has 2 atom stereocenters. The van der Waals surface area contributed by atoms with Gasteiger partial charge < -0.3 is 5.73 Å². The lowest BCUT2D eigenvalue weighted by molar-refractivity contribution is 0.277. The van der Waals surface area contributed by atoms with Crippen molar-refractivity contribution in [3.05, 3.63) is 12.7 Å². The Morgan fingerprint density at radius 2 is 2.07 bits per heavy atom. The molecule has 0 amide bonds. The molecule has 0 bridgehead atoms. The van der Waals surface area contributed by atoms with E-state index in [0.29, 0.717) is 17.4 Å². The van der Waals surface area contributed by atoms with Gasteiger partial charge in [0.25, 0.3) is 0 Å². The molecule has 14 heavy (non-hydrogen) atoms. The van der Waals surface area contributed by atoms with Gasteiger partial charge in [0.2, 0.25) is 0 Å². The van der Waals surface area contributed by atoms with Crippen molar-refractivity contribution in [1.82, 2.24) is 0 Å². The minimum atomic E-state index is 0.419. The van der Waals surface area contributed by atoms with Crippen molar-refractivity contribution in [2.24, 2.45) is 17.1 Å². The van der Waals surface area contributed by atoms with Gasteiger partial charge in [0.15, 0.2) is 0 Å². The number of rotatable bonds is 7. The lowest BCUT2D eigenvalue weighted by Gasteiger charge is -2.28. The largest absolute Gasteiger partial charge is 0.327 e. The number of allylic oxidation sites excluding steroid dienone is 1. The number of hydrogen-bond acceptors (Lipinski definition) is 1. The molecule has 82 valence electrons. The van der Waals surface area contributed by atoms with Crippen LogP contribution in [0.25, 0.3) is 0 Å². The van der Waals surface area contributed by atoms with Gasteiger partial charge >= 0.3 is 0 Å². The summed E-state index contributed by atoms with van der Waals surface area (Å²) in [7, 11) is 0. The standard InChI is InChI=1S/C13H25N/c1-4-6-8-11(7-5-2)12(14)13(3)9-10-13/h4,11-12H,1,5-10,14H2,2-3H3/t11?,12-/m0/s1. The van der Waals surface area contributed by atoms with E-state index in [-0.39, 0.29) is 0 Å². The van der Waals surface area contributed by atoms with Crippen LogP contribution in [0.2, 0.25) is 0 Å². The third-order valence-corrected chi connectivity index (χ3v) is 3.75. The molecule has 0 heterocycles. The van der Waals surface area contributed by atoms with Gasteiger partial charge in [0.1, 0.15) is 0 Å². The summed E-state index contributed by atoms with van der Waals surface area (Å²) in [5.41, 5.74) is 6.82. The van der Waals surface area contributed by atoms with E-state index in [0.717, 1.165) is 6.42 Å². The average Bonchev–Trinajstić information content (AvgIpc) is 2.91. The highest BCUT2D eigenvalue weighted by Crippen LogP contribution is 2.50. The van der Waals surface area contributed by atoms with E-state index in [1.807, 2.05) is 6.08 Å². The second-order valence-electron chi connectivity index (χ2n) is 5.09. The van der Waals surface area contributed by atoms with Gasteiger partial charge in [-0.25, -0.2) is 0 Å². The molecule has 0 aliphatic heterocycles. The molecule has 1 aliphatic carbocycles. The first kappa shape index (κ1) is 11.8. The van der Waals surface area contributed by atoms with Crippen molar-refractivity contribution >= 4 is 0 Å². The highest BCUT2D eigenvalue weighted by molar-refractivity contribution is 5.00. The molecule has 0 saturated heterocycles. The average molecular weight is 195 g/mol. The molecule has 1 aliphatic rings. The van der Waals surface area contributed by atoms with Crippen LogP contribution in [0.1, 0.15) is 52.4 Å². The van der Waals surface area contributed by atoms with Crippen molar-refractivity contribution in [3.8, 4) is 0 Å². The van der Waals surface area contributed by atoms with E-state index in [9.17, 15) is 0 Å². The Morgan fingerprint density at radius 1 is 1.43 bits per heavy atom. The lowest BCUT2D eigenvalue weighted by Crippen LogP contribution is -2.37. The summed E-state index contributed by atoms with van der Waals surface area (Å²) in [5, 5.41) is 0. The Morgan fingerprint density at radius 3 is 2.50 bits per heavy atom. The molecule has 0 aromatic rings. The van der Waals surface area contributed by atoms with Crippen LogP contribution in [0.3, 0.4) is 0 Å². The fourth-order valence-electron chi connectivity index (χ4n) is 2.31. The Bertz CT molecular complexity index is 182. The predicted molar refractivity (Wildman–Crippen MR) is 63.1 cm³/mol. The summed E-state index contributed by atoms with van der Waals surface area (Å²) in [4.78, 5) is 0. The maximum absolute atomic E-state index is 6.35. The smallest absolute Gasteiger partial charge is 0.0121 e. The van der Waals surface area contributed by atoms with Crippen LogP contribution >= 0.6 is 0 Å². The highest BCUT2D eigenvalue weighted by Gasteiger charge is 2.45. The van der Waals surface area contributed by atoms with E-state index in [1.165, 1.54) is 32.1 Å². The Labute approximate surface area is 88.8 Å². The van der Waals surface area contributed by atoms with Crippen LogP contribution < -0.4 is 5.73 Å². The second-order valence-corrected chi connectivity index (χ2v) is 5.09. The van der Waals surface area contributed by atoms with Crippen molar-refractivity contribution in [3.63, 3.8) is 0 Å². The molecule has 1 nitrogen and oxygen atoms in total. The van der Waals surface area contributed by atoms with Gasteiger partial charge in [0.05, 0.1) is 0 Å². The third-order valence-electron chi connectivity index (χ3n) is 3.75. The van der Waals surface area contributed by atoms with Crippen LogP contribution in [-0.2, 0) is 0 Å². The Kier molecular flexibility index (Phi) is 4.18.